The molecular weight excluding hydrogens is 322 g/mol. The van der Waals surface area contributed by atoms with Gasteiger partial charge in [-0.2, -0.15) is 0 Å². The number of morpholine rings is 1. The zero-order valence-electron chi connectivity index (χ0n) is 13.8. The molecule has 0 bridgehead atoms. The molecule has 1 aromatic heterocycles. The summed E-state index contributed by atoms with van der Waals surface area (Å²) in [5.74, 6) is 0.277. The third-order valence-corrected chi connectivity index (χ3v) is 5.92. The molecule has 0 unspecified atom stereocenters. The molecule has 1 amide bonds. The summed E-state index contributed by atoms with van der Waals surface area (Å²) in [6, 6.07) is 8.25. The van der Waals surface area contributed by atoms with Crippen LogP contribution in [0, 0.1) is 0 Å². The molecule has 128 valence electrons. The Morgan fingerprint density at radius 2 is 2.04 bits per heavy atom. The quantitative estimate of drug-likeness (QED) is 0.857. The standard InChI is InChI=1S/C18H23N3O2S/c22-18(20-9-11-23-12-10-20)15-6-3-4-8-21(15)13-17-19-14-5-1-2-7-16(14)24-17/h1-2,5,7,15H,3-4,6,8-13H2/t15-/m1/s1. The molecule has 0 spiro atoms. The number of benzene rings is 1. The third-order valence-electron chi connectivity index (χ3n) is 4.90. The van der Waals surface area contributed by atoms with E-state index in [4.69, 9.17) is 9.72 Å². The molecule has 1 atom stereocenters. The van der Waals surface area contributed by atoms with E-state index < -0.39 is 0 Å². The summed E-state index contributed by atoms with van der Waals surface area (Å²) in [7, 11) is 0. The fourth-order valence-electron chi connectivity index (χ4n) is 3.62. The van der Waals surface area contributed by atoms with Crippen LogP contribution >= 0.6 is 11.3 Å². The minimum atomic E-state index is 0.00358. The monoisotopic (exact) mass is 345 g/mol. The number of hydrogen-bond donors (Lipinski definition) is 0. The lowest BCUT2D eigenvalue weighted by Gasteiger charge is -2.38. The van der Waals surface area contributed by atoms with Gasteiger partial charge in [0.2, 0.25) is 5.91 Å². The lowest BCUT2D eigenvalue weighted by molar-refractivity contribution is -0.142. The minimum Gasteiger partial charge on any atom is -0.378 e. The van der Waals surface area contributed by atoms with E-state index >= 15 is 0 Å². The number of rotatable bonds is 3. The first kappa shape index (κ1) is 16.0. The van der Waals surface area contributed by atoms with Crippen molar-refractivity contribution in [2.75, 3.05) is 32.8 Å². The molecule has 2 saturated heterocycles. The molecule has 0 saturated carbocycles. The number of nitrogens with zero attached hydrogens (tertiary/aromatic N) is 3. The van der Waals surface area contributed by atoms with Crippen LogP contribution in [0.1, 0.15) is 24.3 Å². The van der Waals surface area contributed by atoms with Crippen LogP contribution in [0.5, 0.6) is 0 Å². The summed E-state index contributed by atoms with van der Waals surface area (Å²) >= 11 is 1.74. The van der Waals surface area contributed by atoms with E-state index in [9.17, 15) is 4.79 Å². The molecule has 3 heterocycles. The van der Waals surface area contributed by atoms with Crippen molar-refractivity contribution >= 4 is 27.5 Å². The number of ether oxygens (including phenoxy) is 1. The molecule has 2 fully saturated rings. The second kappa shape index (κ2) is 7.17. The van der Waals surface area contributed by atoms with E-state index in [0.29, 0.717) is 13.2 Å². The van der Waals surface area contributed by atoms with E-state index in [-0.39, 0.29) is 11.9 Å². The van der Waals surface area contributed by atoms with Crippen molar-refractivity contribution in [3.05, 3.63) is 29.3 Å². The smallest absolute Gasteiger partial charge is 0.240 e. The Labute approximate surface area is 146 Å². The molecule has 1 aromatic carbocycles. The van der Waals surface area contributed by atoms with E-state index in [1.165, 1.54) is 4.70 Å². The van der Waals surface area contributed by atoms with Crippen molar-refractivity contribution < 1.29 is 9.53 Å². The van der Waals surface area contributed by atoms with Crippen molar-refractivity contribution in [1.82, 2.24) is 14.8 Å². The van der Waals surface area contributed by atoms with Crippen molar-refractivity contribution in [2.45, 2.75) is 31.8 Å². The number of likely N-dealkylation sites (tertiary alicyclic amines) is 1. The van der Waals surface area contributed by atoms with Gasteiger partial charge in [-0.3, -0.25) is 9.69 Å². The number of fused-ring (bicyclic) bond motifs is 1. The van der Waals surface area contributed by atoms with Gasteiger partial charge in [-0.1, -0.05) is 18.6 Å². The fraction of sp³-hybridized carbons (Fsp3) is 0.556. The highest BCUT2D eigenvalue weighted by atomic mass is 32.1. The van der Waals surface area contributed by atoms with Crippen molar-refractivity contribution in [3.63, 3.8) is 0 Å². The number of amides is 1. The largest absolute Gasteiger partial charge is 0.378 e. The predicted octanol–water partition coefficient (Wildman–Crippen LogP) is 2.51. The lowest BCUT2D eigenvalue weighted by atomic mass is 10.0. The van der Waals surface area contributed by atoms with Gasteiger partial charge in [0.1, 0.15) is 5.01 Å². The van der Waals surface area contributed by atoms with Gasteiger partial charge in [0.25, 0.3) is 0 Å². The van der Waals surface area contributed by atoms with E-state index in [0.717, 1.165) is 56.0 Å². The Morgan fingerprint density at radius 1 is 1.21 bits per heavy atom. The summed E-state index contributed by atoms with van der Waals surface area (Å²) in [5.41, 5.74) is 1.06. The van der Waals surface area contributed by atoms with Crippen LogP contribution in [0.3, 0.4) is 0 Å². The molecule has 24 heavy (non-hydrogen) atoms. The number of carbonyl (C=O) groups excluding carboxylic acids is 1. The maximum absolute atomic E-state index is 12.9. The van der Waals surface area contributed by atoms with Gasteiger partial charge in [-0.05, 0) is 31.5 Å². The van der Waals surface area contributed by atoms with Gasteiger partial charge >= 0.3 is 0 Å². The van der Waals surface area contributed by atoms with E-state index in [1.54, 1.807) is 11.3 Å². The van der Waals surface area contributed by atoms with Gasteiger partial charge in [0.15, 0.2) is 0 Å². The first-order valence-electron chi connectivity index (χ1n) is 8.76. The molecule has 2 aliphatic heterocycles. The van der Waals surface area contributed by atoms with Crippen LogP contribution < -0.4 is 0 Å². The minimum absolute atomic E-state index is 0.00358. The van der Waals surface area contributed by atoms with Crippen molar-refractivity contribution in [3.8, 4) is 0 Å². The van der Waals surface area contributed by atoms with Gasteiger partial charge < -0.3 is 9.64 Å². The maximum atomic E-state index is 12.9. The first-order valence-corrected chi connectivity index (χ1v) is 9.58. The van der Waals surface area contributed by atoms with Crippen LogP contribution in [0.15, 0.2) is 24.3 Å². The molecule has 0 radical (unpaired) electrons. The van der Waals surface area contributed by atoms with Crippen molar-refractivity contribution in [2.24, 2.45) is 0 Å². The average molecular weight is 345 g/mol. The fourth-order valence-corrected chi connectivity index (χ4v) is 4.61. The summed E-state index contributed by atoms with van der Waals surface area (Å²) in [4.78, 5) is 22.0. The second-order valence-electron chi connectivity index (χ2n) is 6.50. The highest BCUT2D eigenvalue weighted by Gasteiger charge is 2.33. The van der Waals surface area contributed by atoms with Crippen LogP contribution in [-0.4, -0.2) is 59.6 Å². The summed E-state index contributed by atoms with van der Waals surface area (Å²) < 4.78 is 6.60. The zero-order valence-corrected chi connectivity index (χ0v) is 14.6. The Morgan fingerprint density at radius 3 is 2.88 bits per heavy atom. The molecule has 0 aliphatic carbocycles. The van der Waals surface area contributed by atoms with E-state index in [1.807, 2.05) is 11.0 Å². The molecule has 2 aromatic rings. The molecule has 2 aliphatic rings. The molecule has 5 nitrogen and oxygen atoms in total. The Balaban J connectivity index is 1.49. The number of para-hydroxylation sites is 1. The lowest BCUT2D eigenvalue weighted by Crippen LogP contribution is -2.53. The van der Waals surface area contributed by atoms with Gasteiger partial charge in [0.05, 0.1) is 36.0 Å². The maximum Gasteiger partial charge on any atom is 0.240 e. The van der Waals surface area contributed by atoms with Crippen LogP contribution in [0.2, 0.25) is 0 Å². The number of carbonyl (C=O) groups is 1. The Hall–Kier alpha value is -1.50. The zero-order chi connectivity index (χ0) is 16.4. The van der Waals surface area contributed by atoms with Gasteiger partial charge in [-0.15, -0.1) is 11.3 Å². The Kier molecular flexibility index (Phi) is 4.78. The summed E-state index contributed by atoms with van der Waals surface area (Å²) in [6.07, 6.45) is 3.26. The molecule has 6 heteroatoms. The van der Waals surface area contributed by atoms with Gasteiger partial charge in [-0.25, -0.2) is 4.98 Å². The first-order chi connectivity index (χ1) is 11.8. The van der Waals surface area contributed by atoms with Gasteiger partial charge in [0, 0.05) is 13.1 Å². The van der Waals surface area contributed by atoms with Crippen LogP contribution in [0.4, 0.5) is 0 Å². The van der Waals surface area contributed by atoms with Crippen LogP contribution in [-0.2, 0) is 16.1 Å². The summed E-state index contributed by atoms with van der Waals surface area (Å²) in [6.45, 7) is 4.54. The Bertz CT molecular complexity index is 678. The highest BCUT2D eigenvalue weighted by Crippen LogP contribution is 2.26. The SMILES string of the molecule is O=C([C@H]1CCCCN1Cc1nc2ccccc2s1)N1CCOCC1. The third kappa shape index (κ3) is 3.31. The number of thiazole rings is 1. The van der Waals surface area contributed by atoms with Crippen LogP contribution in [0.25, 0.3) is 10.2 Å². The molecule has 0 N–H and O–H groups in total. The van der Waals surface area contributed by atoms with E-state index in [2.05, 4.69) is 23.1 Å². The topological polar surface area (TPSA) is 45.7 Å². The summed E-state index contributed by atoms with van der Waals surface area (Å²) in [5, 5.41) is 1.11. The number of hydrogen-bond acceptors (Lipinski definition) is 5. The predicted molar refractivity (Wildman–Crippen MR) is 95.1 cm³/mol. The van der Waals surface area contributed by atoms with Crippen molar-refractivity contribution in [1.29, 1.82) is 0 Å². The highest BCUT2D eigenvalue weighted by molar-refractivity contribution is 7.18. The molecular formula is C18H23N3O2S. The number of piperidine rings is 1. The molecule has 4 rings (SSSR count). The number of aromatic nitrogens is 1. The normalized spacial score (nSPS) is 22.8. The average Bonchev–Trinajstić information content (AvgIpc) is 3.04. The second-order valence-corrected chi connectivity index (χ2v) is 7.61.